The number of aromatic amines is 2. The number of hydrogen-bond donors (Lipinski definition) is 6. The van der Waals surface area contributed by atoms with Crippen molar-refractivity contribution in [2.45, 2.75) is 91.7 Å². The van der Waals surface area contributed by atoms with E-state index in [-0.39, 0.29) is 41.7 Å². The van der Waals surface area contributed by atoms with Gasteiger partial charge in [-0.2, -0.15) is 12.6 Å². The number of H-pyrrole nitrogens is 2. The number of aliphatic carboxylic acids is 2. The van der Waals surface area contributed by atoms with Gasteiger partial charge in [-0.3, -0.25) is 19.2 Å². The minimum Gasteiger partial charge on any atom is -0.481 e. The van der Waals surface area contributed by atoms with Crippen molar-refractivity contribution in [2.75, 3.05) is 0 Å². The molecule has 2 aromatic rings. The Morgan fingerprint density at radius 2 is 1.55 bits per heavy atom. The summed E-state index contributed by atoms with van der Waals surface area (Å²) in [6, 6.07) is 0. The van der Waals surface area contributed by atoms with Crippen LogP contribution in [0.1, 0.15) is 92.0 Å². The Kier molecular flexibility index (Phi) is 10.1. The average molecular weight is 623 g/mol. The molecule has 0 bridgehead atoms. The molecule has 0 aliphatic carbocycles. The molecule has 0 fully saturated rings. The number of amides is 2. The van der Waals surface area contributed by atoms with Crippen molar-refractivity contribution >= 4 is 48.2 Å². The summed E-state index contributed by atoms with van der Waals surface area (Å²) in [4.78, 5) is 59.4. The van der Waals surface area contributed by atoms with Crippen LogP contribution in [0, 0.1) is 25.7 Å². The Morgan fingerprint density at radius 3 is 2.09 bits per heavy atom. The van der Waals surface area contributed by atoms with Gasteiger partial charge in [-0.05, 0) is 73.9 Å². The van der Waals surface area contributed by atoms with E-state index in [0.29, 0.717) is 37.8 Å². The first kappa shape index (κ1) is 33.0. The van der Waals surface area contributed by atoms with E-state index in [4.69, 9.17) is 0 Å². The van der Waals surface area contributed by atoms with Crippen LogP contribution in [-0.4, -0.2) is 54.9 Å². The van der Waals surface area contributed by atoms with E-state index in [1.165, 1.54) is 0 Å². The van der Waals surface area contributed by atoms with E-state index in [2.05, 4.69) is 32.9 Å². The highest BCUT2D eigenvalue weighted by atomic mass is 32.1. The lowest BCUT2D eigenvalue weighted by molar-refractivity contribution is -0.138. The Morgan fingerprint density at radius 1 is 0.955 bits per heavy atom. The number of carbonyl (C=O) groups is 4. The fourth-order valence-electron chi connectivity index (χ4n) is 6.55. The SMILES string of the molecule is CCC1=C(C)/C(=C/c2[nH]c(Cc3[nH]c(CC4=NC(=O)[C@H](C)[C@H]4[C@@H](C)S)c(C)c3CCC(=O)O)c(CCC(=O)O)c2C)NC1=O. The van der Waals surface area contributed by atoms with Crippen molar-refractivity contribution < 1.29 is 29.4 Å². The van der Waals surface area contributed by atoms with E-state index in [9.17, 15) is 29.4 Å². The van der Waals surface area contributed by atoms with Crippen LogP contribution in [-0.2, 0) is 44.9 Å². The van der Waals surface area contributed by atoms with Gasteiger partial charge in [0.15, 0.2) is 0 Å². The van der Waals surface area contributed by atoms with Gasteiger partial charge in [0, 0.05) is 82.5 Å². The van der Waals surface area contributed by atoms with Gasteiger partial charge in [-0.25, -0.2) is 4.99 Å². The Bertz CT molecular complexity index is 1610. The molecule has 5 N–H and O–H groups in total. The highest BCUT2D eigenvalue weighted by Gasteiger charge is 2.37. The second-order valence-electron chi connectivity index (χ2n) is 11.9. The number of nitrogens with one attached hydrogen (secondary N) is 3. The van der Waals surface area contributed by atoms with E-state index in [1.54, 1.807) is 0 Å². The van der Waals surface area contributed by atoms with Gasteiger partial charge < -0.3 is 25.5 Å². The summed E-state index contributed by atoms with van der Waals surface area (Å²) < 4.78 is 0. The standard InChI is InChI=1S/C33H42N4O6S/c1-7-20-15(2)25(36-33(20)43)12-23-16(3)21(8-10-29(38)39)26(34-23)14-27-22(9-11-30(40)41)17(4)24(35-27)13-28-31(19(6)44)18(5)32(42)37-28/h12,18-19,31,34-35,44H,7-11,13-14H2,1-6H3,(H,36,43)(H,38,39)(H,40,41)/b25-12-/t18-,19-,31+/m1/s1. The lowest BCUT2D eigenvalue weighted by Gasteiger charge is -2.20. The van der Waals surface area contributed by atoms with Crippen LogP contribution in [0.25, 0.3) is 6.08 Å². The predicted molar refractivity (Wildman–Crippen MR) is 172 cm³/mol. The molecule has 4 rings (SSSR count). The number of nitrogens with zero attached hydrogens (tertiary/aromatic N) is 1. The van der Waals surface area contributed by atoms with Gasteiger partial charge in [0.05, 0.1) is 0 Å². The topological polar surface area (TPSA) is 165 Å². The second kappa shape index (κ2) is 13.4. The van der Waals surface area contributed by atoms with Crippen molar-refractivity contribution in [2.24, 2.45) is 16.8 Å². The molecule has 2 amide bonds. The maximum absolute atomic E-state index is 12.5. The molecule has 2 aliphatic rings. The number of thiol groups is 1. The van der Waals surface area contributed by atoms with Crippen LogP contribution in [0.4, 0.5) is 0 Å². The van der Waals surface area contributed by atoms with Crippen LogP contribution >= 0.6 is 12.6 Å². The molecule has 236 valence electrons. The summed E-state index contributed by atoms with van der Waals surface area (Å²) in [7, 11) is 0. The Hall–Kier alpha value is -3.86. The zero-order valence-corrected chi connectivity index (χ0v) is 27.1. The first-order chi connectivity index (χ1) is 20.7. The number of aromatic nitrogens is 2. The number of carboxylic acids is 2. The molecule has 0 saturated heterocycles. The molecular formula is C33H42N4O6S. The third-order valence-corrected chi connectivity index (χ3v) is 9.40. The summed E-state index contributed by atoms with van der Waals surface area (Å²) >= 11 is 4.63. The summed E-state index contributed by atoms with van der Waals surface area (Å²) in [5.74, 6) is -2.40. The van der Waals surface area contributed by atoms with Gasteiger partial charge >= 0.3 is 11.9 Å². The largest absolute Gasteiger partial charge is 0.481 e. The fourth-order valence-corrected chi connectivity index (χ4v) is 6.98. The zero-order chi connectivity index (χ0) is 32.5. The number of carbonyl (C=O) groups excluding carboxylic acids is 2. The Labute approximate surface area is 262 Å². The molecule has 0 unspecified atom stereocenters. The minimum atomic E-state index is -0.903. The first-order valence-corrected chi connectivity index (χ1v) is 15.6. The fraction of sp³-hybridized carbons (Fsp3) is 0.485. The second-order valence-corrected chi connectivity index (χ2v) is 12.7. The lowest BCUT2D eigenvalue weighted by Crippen LogP contribution is -2.27. The first-order valence-electron chi connectivity index (χ1n) is 15.1. The van der Waals surface area contributed by atoms with Gasteiger partial charge in [-0.15, -0.1) is 0 Å². The van der Waals surface area contributed by atoms with Crippen molar-refractivity contribution in [1.82, 2.24) is 15.3 Å². The predicted octanol–water partition coefficient (Wildman–Crippen LogP) is 4.88. The third-order valence-electron chi connectivity index (χ3n) is 9.07. The summed E-state index contributed by atoms with van der Waals surface area (Å²) in [5.41, 5.74) is 10.0. The number of aliphatic imine (C=N–C) groups is 1. The molecular weight excluding hydrogens is 580 g/mol. The number of allylic oxidation sites excluding steroid dienone is 1. The monoisotopic (exact) mass is 622 g/mol. The third kappa shape index (κ3) is 6.77. The molecule has 3 atom stereocenters. The van der Waals surface area contributed by atoms with E-state index in [1.807, 2.05) is 47.6 Å². The molecule has 0 radical (unpaired) electrons. The van der Waals surface area contributed by atoms with Crippen LogP contribution < -0.4 is 5.32 Å². The van der Waals surface area contributed by atoms with Gasteiger partial charge in [-0.1, -0.05) is 20.8 Å². The van der Waals surface area contributed by atoms with Crippen LogP contribution in [0.5, 0.6) is 0 Å². The maximum Gasteiger partial charge on any atom is 0.303 e. The van der Waals surface area contributed by atoms with Gasteiger partial charge in [0.1, 0.15) is 0 Å². The number of carboxylic acid groups (broad SMARTS) is 2. The lowest BCUT2D eigenvalue weighted by atomic mass is 9.87. The molecule has 11 heteroatoms. The average Bonchev–Trinajstić information content (AvgIpc) is 3.59. The van der Waals surface area contributed by atoms with Gasteiger partial charge in [0.25, 0.3) is 5.91 Å². The van der Waals surface area contributed by atoms with E-state index < -0.39 is 11.9 Å². The quantitative estimate of drug-likeness (QED) is 0.174. The van der Waals surface area contributed by atoms with Crippen LogP contribution in [0.2, 0.25) is 0 Å². The highest BCUT2D eigenvalue weighted by molar-refractivity contribution is 7.81. The summed E-state index contributed by atoms with van der Waals surface area (Å²) in [6.45, 7) is 11.6. The number of rotatable bonds is 13. The molecule has 0 saturated carbocycles. The molecule has 10 nitrogen and oxygen atoms in total. The van der Waals surface area contributed by atoms with Crippen molar-refractivity contribution in [3.05, 3.63) is 61.9 Å². The molecule has 4 heterocycles. The summed E-state index contributed by atoms with van der Waals surface area (Å²) in [6.07, 6.45) is 3.87. The van der Waals surface area contributed by atoms with Crippen LogP contribution in [0.3, 0.4) is 0 Å². The van der Waals surface area contributed by atoms with E-state index >= 15 is 0 Å². The normalized spacial score (nSPS) is 20.1. The molecule has 44 heavy (non-hydrogen) atoms. The van der Waals surface area contributed by atoms with Gasteiger partial charge in [0.2, 0.25) is 5.91 Å². The maximum atomic E-state index is 12.5. The highest BCUT2D eigenvalue weighted by Crippen LogP contribution is 2.33. The zero-order valence-electron chi connectivity index (χ0n) is 26.2. The Balaban J connectivity index is 1.76. The van der Waals surface area contributed by atoms with Crippen LogP contribution in [0.15, 0.2) is 21.8 Å². The summed E-state index contributed by atoms with van der Waals surface area (Å²) in [5, 5.41) is 21.8. The van der Waals surface area contributed by atoms with Crippen molar-refractivity contribution in [3.63, 3.8) is 0 Å². The smallest absolute Gasteiger partial charge is 0.303 e. The molecule has 2 aliphatic heterocycles. The molecule has 0 aromatic carbocycles. The van der Waals surface area contributed by atoms with Crippen molar-refractivity contribution in [1.29, 1.82) is 0 Å². The van der Waals surface area contributed by atoms with Crippen molar-refractivity contribution in [3.8, 4) is 0 Å². The molecule has 0 spiro atoms. The minimum absolute atomic E-state index is 0.0457. The van der Waals surface area contributed by atoms with E-state index in [0.717, 1.165) is 61.9 Å². The molecule has 2 aromatic heterocycles. The number of hydrogen-bond acceptors (Lipinski definition) is 5.